The van der Waals surface area contributed by atoms with Crippen LogP contribution in [0, 0.1) is 0 Å². The molecule has 2 aromatic rings. The summed E-state index contributed by atoms with van der Waals surface area (Å²) in [4.78, 5) is 0. The van der Waals surface area contributed by atoms with Gasteiger partial charge in [0.05, 0.1) is 13.2 Å². The van der Waals surface area contributed by atoms with Crippen molar-refractivity contribution in [2.45, 2.75) is 0 Å². The average molecular weight is 319 g/mol. The van der Waals surface area contributed by atoms with Crippen LogP contribution in [0.4, 0.5) is 0 Å². The zero-order valence-electron chi connectivity index (χ0n) is 11.5. The lowest BCUT2D eigenvalue weighted by molar-refractivity contribution is 0.195. The van der Waals surface area contributed by atoms with E-state index in [9.17, 15) is 0 Å². The average Bonchev–Trinajstić information content (AvgIpc) is 2.50. The normalized spacial score (nSPS) is 11.5. The van der Waals surface area contributed by atoms with Gasteiger partial charge in [0.1, 0.15) is 0 Å². The van der Waals surface area contributed by atoms with Gasteiger partial charge in [-0.1, -0.05) is 83.9 Å². The second kappa shape index (κ2) is 8.68. The van der Waals surface area contributed by atoms with E-state index in [0.29, 0.717) is 13.2 Å². The Morgan fingerprint density at radius 2 is 1.14 bits per heavy atom. The molecule has 2 aromatic carbocycles. The van der Waals surface area contributed by atoms with Crippen LogP contribution in [0.3, 0.4) is 0 Å². The highest BCUT2D eigenvalue weighted by Gasteiger charge is 1.93. The molecule has 0 aliphatic heterocycles. The van der Waals surface area contributed by atoms with Gasteiger partial charge < -0.3 is 4.74 Å². The van der Waals surface area contributed by atoms with Gasteiger partial charge in [-0.05, 0) is 23.3 Å². The summed E-state index contributed by atoms with van der Waals surface area (Å²) >= 11 is 12.1. The van der Waals surface area contributed by atoms with Gasteiger partial charge in [0, 0.05) is 10.0 Å². The smallest absolute Gasteiger partial charge is 0.0655 e. The monoisotopic (exact) mass is 318 g/mol. The Kier molecular flexibility index (Phi) is 6.55. The molecule has 0 spiro atoms. The van der Waals surface area contributed by atoms with Gasteiger partial charge in [-0.15, -0.1) is 0 Å². The fraction of sp³-hybridized carbons (Fsp3) is 0.111. The van der Waals surface area contributed by atoms with Crippen LogP contribution in [0.5, 0.6) is 0 Å². The van der Waals surface area contributed by atoms with Crippen LogP contribution in [0.25, 0.3) is 12.2 Å². The Balaban J connectivity index is 1.73. The lowest BCUT2D eigenvalue weighted by Crippen LogP contribution is -1.90. The summed E-state index contributed by atoms with van der Waals surface area (Å²) in [6.45, 7) is 1.08. The number of hydrogen-bond acceptors (Lipinski definition) is 1. The van der Waals surface area contributed by atoms with Crippen LogP contribution >= 0.6 is 23.2 Å². The Hall–Kier alpha value is -1.54. The van der Waals surface area contributed by atoms with E-state index in [4.69, 9.17) is 27.9 Å². The van der Waals surface area contributed by atoms with Crippen LogP contribution in [-0.4, -0.2) is 13.2 Å². The quantitative estimate of drug-likeness (QED) is 0.617. The van der Waals surface area contributed by atoms with Crippen molar-refractivity contribution >= 4 is 35.4 Å². The highest BCUT2D eigenvalue weighted by molar-refractivity contribution is 6.32. The van der Waals surface area contributed by atoms with Crippen molar-refractivity contribution in [3.05, 3.63) is 81.9 Å². The van der Waals surface area contributed by atoms with E-state index >= 15 is 0 Å². The first-order valence-corrected chi connectivity index (χ1v) is 7.43. The third-order valence-corrected chi connectivity index (χ3v) is 3.52. The predicted octanol–water partition coefficient (Wildman–Crippen LogP) is 5.74. The minimum absolute atomic E-state index is 0.540. The summed E-state index contributed by atoms with van der Waals surface area (Å²) in [5.41, 5.74) is 1.99. The van der Waals surface area contributed by atoms with Crippen molar-refractivity contribution < 1.29 is 4.74 Å². The zero-order chi connectivity index (χ0) is 14.9. The van der Waals surface area contributed by atoms with Gasteiger partial charge in [-0.2, -0.15) is 0 Å². The van der Waals surface area contributed by atoms with Crippen LogP contribution in [0.1, 0.15) is 11.1 Å². The number of benzene rings is 2. The third-order valence-electron chi connectivity index (χ3n) is 2.83. The molecule has 0 saturated heterocycles. The van der Waals surface area contributed by atoms with E-state index < -0.39 is 0 Å². The van der Waals surface area contributed by atoms with E-state index in [0.717, 1.165) is 21.2 Å². The van der Waals surface area contributed by atoms with Crippen LogP contribution in [0.15, 0.2) is 60.7 Å². The topological polar surface area (TPSA) is 9.23 Å². The molecule has 0 bridgehead atoms. The molecule has 0 fully saturated rings. The minimum atomic E-state index is 0.540. The van der Waals surface area contributed by atoms with Crippen LogP contribution < -0.4 is 0 Å². The fourth-order valence-corrected chi connectivity index (χ4v) is 2.17. The van der Waals surface area contributed by atoms with Gasteiger partial charge in [-0.25, -0.2) is 0 Å². The maximum atomic E-state index is 6.05. The molecular weight excluding hydrogens is 303 g/mol. The van der Waals surface area contributed by atoms with Gasteiger partial charge in [-0.3, -0.25) is 0 Å². The molecular formula is C18H16Cl2O. The Morgan fingerprint density at radius 3 is 1.57 bits per heavy atom. The lowest BCUT2D eigenvalue weighted by atomic mass is 10.2. The third kappa shape index (κ3) is 5.39. The molecule has 0 saturated carbocycles. The largest absolute Gasteiger partial charge is 0.373 e. The predicted molar refractivity (Wildman–Crippen MR) is 91.8 cm³/mol. The highest BCUT2D eigenvalue weighted by Crippen LogP contribution is 2.17. The molecule has 0 heterocycles. The Bertz CT molecular complexity index is 577. The second-order valence-corrected chi connectivity index (χ2v) is 5.20. The van der Waals surface area contributed by atoms with E-state index in [1.54, 1.807) is 0 Å². The molecule has 0 aliphatic carbocycles. The molecule has 0 amide bonds. The molecule has 0 radical (unpaired) electrons. The Labute approximate surface area is 135 Å². The maximum absolute atomic E-state index is 6.05. The van der Waals surface area contributed by atoms with E-state index in [-0.39, 0.29) is 0 Å². The van der Waals surface area contributed by atoms with Crippen molar-refractivity contribution in [3.8, 4) is 0 Å². The van der Waals surface area contributed by atoms with Crippen molar-refractivity contribution in [2.24, 2.45) is 0 Å². The SMILES string of the molecule is Clc1ccccc1C=CCOCC=Cc1ccccc1Cl. The van der Waals surface area contributed by atoms with Crippen molar-refractivity contribution in [1.82, 2.24) is 0 Å². The van der Waals surface area contributed by atoms with Crippen molar-refractivity contribution in [1.29, 1.82) is 0 Å². The zero-order valence-corrected chi connectivity index (χ0v) is 13.0. The van der Waals surface area contributed by atoms with Crippen LogP contribution in [0.2, 0.25) is 10.0 Å². The first-order valence-electron chi connectivity index (χ1n) is 6.67. The van der Waals surface area contributed by atoms with E-state index in [1.807, 2.05) is 72.8 Å². The number of halogens is 2. The number of ether oxygens (including phenoxy) is 1. The maximum Gasteiger partial charge on any atom is 0.0655 e. The molecule has 0 aromatic heterocycles. The van der Waals surface area contributed by atoms with Crippen LogP contribution in [-0.2, 0) is 4.74 Å². The summed E-state index contributed by atoms with van der Waals surface area (Å²) in [6, 6.07) is 15.4. The van der Waals surface area contributed by atoms with Gasteiger partial charge in [0.2, 0.25) is 0 Å². The van der Waals surface area contributed by atoms with E-state index in [2.05, 4.69) is 0 Å². The highest BCUT2D eigenvalue weighted by atomic mass is 35.5. The Morgan fingerprint density at radius 1 is 0.714 bits per heavy atom. The number of hydrogen-bond donors (Lipinski definition) is 0. The minimum Gasteiger partial charge on any atom is -0.373 e. The molecule has 0 N–H and O–H groups in total. The van der Waals surface area contributed by atoms with Crippen molar-refractivity contribution in [2.75, 3.05) is 13.2 Å². The summed E-state index contributed by atoms with van der Waals surface area (Å²) < 4.78 is 5.50. The number of rotatable bonds is 6. The fourth-order valence-electron chi connectivity index (χ4n) is 1.77. The molecule has 3 heteroatoms. The first kappa shape index (κ1) is 15.8. The molecule has 0 aliphatic rings. The summed E-state index contributed by atoms with van der Waals surface area (Å²) in [5.74, 6) is 0. The molecule has 2 rings (SSSR count). The molecule has 0 unspecified atom stereocenters. The summed E-state index contributed by atoms with van der Waals surface area (Å²) in [5, 5.41) is 1.49. The van der Waals surface area contributed by atoms with Crippen molar-refractivity contribution in [3.63, 3.8) is 0 Å². The van der Waals surface area contributed by atoms with Gasteiger partial charge in [0.25, 0.3) is 0 Å². The second-order valence-electron chi connectivity index (χ2n) is 4.39. The van der Waals surface area contributed by atoms with Gasteiger partial charge >= 0.3 is 0 Å². The van der Waals surface area contributed by atoms with Gasteiger partial charge in [0.15, 0.2) is 0 Å². The summed E-state index contributed by atoms with van der Waals surface area (Å²) in [6.07, 6.45) is 7.81. The first-order chi connectivity index (χ1) is 10.3. The standard InChI is InChI=1S/C18H16Cl2O/c19-17-11-3-1-7-15(17)9-5-13-21-14-6-10-16-8-2-4-12-18(16)20/h1-12H,13-14H2. The van der Waals surface area contributed by atoms with E-state index in [1.165, 1.54) is 0 Å². The molecule has 1 nitrogen and oxygen atoms in total. The molecule has 0 atom stereocenters. The lowest BCUT2D eigenvalue weighted by Gasteiger charge is -1.99. The molecule has 108 valence electrons. The molecule has 21 heavy (non-hydrogen) atoms. The summed E-state index contributed by atoms with van der Waals surface area (Å²) in [7, 11) is 0.